The second kappa shape index (κ2) is 5.91. The highest BCUT2D eigenvalue weighted by Gasteiger charge is 2.30. The topological polar surface area (TPSA) is 84.7 Å². The zero-order chi connectivity index (χ0) is 17.6. The van der Waals surface area contributed by atoms with Gasteiger partial charge in [0.15, 0.2) is 0 Å². The molecule has 25 heavy (non-hydrogen) atoms. The van der Waals surface area contributed by atoms with Gasteiger partial charge in [-0.15, -0.1) is 0 Å². The van der Waals surface area contributed by atoms with Gasteiger partial charge in [0.1, 0.15) is 23.6 Å². The van der Waals surface area contributed by atoms with Crippen LogP contribution in [0.4, 0.5) is 0 Å². The summed E-state index contributed by atoms with van der Waals surface area (Å²) in [7, 11) is 1.78. The first-order chi connectivity index (χ1) is 12.0. The van der Waals surface area contributed by atoms with Crippen molar-refractivity contribution >= 4 is 11.9 Å². The van der Waals surface area contributed by atoms with E-state index in [1.165, 1.54) is 6.07 Å². The van der Waals surface area contributed by atoms with E-state index in [0.29, 0.717) is 36.0 Å². The Hall–Kier alpha value is -2.83. The van der Waals surface area contributed by atoms with Gasteiger partial charge in [-0.1, -0.05) is 12.1 Å². The van der Waals surface area contributed by atoms with Gasteiger partial charge in [0.05, 0.1) is 12.2 Å². The van der Waals surface area contributed by atoms with Crippen LogP contribution < -0.4 is 4.74 Å². The third-order valence-electron chi connectivity index (χ3n) is 4.70. The van der Waals surface area contributed by atoms with Crippen molar-refractivity contribution in [3.63, 3.8) is 0 Å². The van der Waals surface area contributed by atoms with Gasteiger partial charge in [0.25, 0.3) is 5.91 Å². The number of carboxylic acid groups (broad SMARTS) is 1. The van der Waals surface area contributed by atoms with Crippen LogP contribution in [0.25, 0.3) is 0 Å². The fourth-order valence-electron chi connectivity index (χ4n) is 3.19. The number of amides is 1. The minimum absolute atomic E-state index is 0.112. The summed E-state index contributed by atoms with van der Waals surface area (Å²) < 4.78 is 7.28. The molecule has 1 aromatic carbocycles. The standard InChI is InChI=1S/C18H19N3O4/c1-20-15(9-14(19-20)11-5-6-11)17(22)21-7-8-25-16-12(10-21)3-2-4-13(16)18(23)24/h2-4,9,11H,5-8,10H2,1H3,(H,23,24). The molecule has 2 aromatic rings. The number of fused-ring (bicyclic) bond motifs is 1. The van der Waals surface area contributed by atoms with Crippen molar-refractivity contribution in [2.24, 2.45) is 7.05 Å². The Labute approximate surface area is 144 Å². The van der Waals surface area contributed by atoms with E-state index in [0.717, 1.165) is 18.5 Å². The normalized spacial score (nSPS) is 16.8. The molecular weight excluding hydrogens is 322 g/mol. The van der Waals surface area contributed by atoms with Gasteiger partial charge in [0, 0.05) is 25.1 Å². The largest absolute Gasteiger partial charge is 0.490 e. The van der Waals surface area contributed by atoms with E-state index in [1.54, 1.807) is 28.8 Å². The number of carboxylic acids is 1. The summed E-state index contributed by atoms with van der Waals surface area (Å²) in [6.07, 6.45) is 2.26. The first-order valence-electron chi connectivity index (χ1n) is 8.36. The van der Waals surface area contributed by atoms with E-state index in [-0.39, 0.29) is 18.1 Å². The summed E-state index contributed by atoms with van der Waals surface area (Å²) in [5.41, 5.74) is 2.36. The van der Waals surface area contributed by atoms with Gasteiger partial charge < -0.3 is 14.7 Å². The summed E-state index contributed by atoms with van der Waals surface area (Å²) in [5.74, 6) is -0.301. The Balaban J connectivity index is 1.62. The third-order valence-corrected chi connectivity index (χ3v) is 4.70. The number of nitrogens with zero attached hydrogens (tertiary/aromatic N) is 3. The molecule has 4 rings (SSSR count). The molecule has 7 heteroatoms. The zero-order valence-electron chi connectivity index (χ0n) is 13.9. The molecule has 7 nitrogen and oxygen atoms in total. The Bertz CT molecular complexity index is 854. The number of hydrogen-bond acceptors (Lipinski definition) is 4. The molecule has 0 radical (unpaired) electrons. The first kappa shape index (κ1) is 15.7. The highest BCUT2D eigenvalue weighted by molar-refractivity contribution is 5.93. The zero-order valence-corrected chi connectivity index (χ0v) is 13.9. The number of benzene rings is 1. The Morgan fingerprint density at radius 2 is 2.12 bits per heavy atom. The molecular formula is C18H19N3O4. The van der Waals surface area contributed by atoms with Crippen molar-refractivity contribution in [1.82, 2.24) is 14.7 Å². The van der Waals surface area contributed by atoms with Gasteiger partial charge in [-0.05, 0) is 25.0 Å². The monoisotopic (exact) mass is 341 g/mol. The maximum Gasteiger partial charge on any atom is 0.339 e. The summed E-state index contributed by atoms with van der Waals surface area (Å²) in [6.45, 7) is 0.978. The number of aryl methyl sites for hydroxylation is 1. The SMILES string of the molecule is Cn1nc(C2CC2)cc1C(=O)N1CCOc2c(cccc2C(=O)O)C1. The number of aromatic carboxylic acids is 1. The second-order valence-electron chi connectivity index (χ2n) is 6.53. The van der Waals surface area contributed by atoms with Gasteiger partial charge in [-0.25, -0.2) is 4.79 Å². The molecule has 0 saturated heterocycles. The van der Waals surface area contributed by atoms with Crippen molar-refractivity contribution in [3.8, 4) is 5.75 Å². The van der Waals surface area contributed by atoms with Crippen LogP contribution in [-0.2, 0) is 13.6 Å². The van der Waals surface area contributed by atoms with Crippen LogP contribution in [0.3, 0.4) is 0 Å². The molecule has 1 saturated carbocycles. The van der Waals surface area contributed by atoms with E-state index >= 15 is 0 Å². The molecule has 1 amide bonds. The van der Waals surface area contributed by atoms with E-state index < -0.39 is 5.97 Å². The molecule has 1 aromatic heterocycles. The number of aromatic nitrogens is 2. The predicted molar refractivity (Wildman–Crippen MR) is 88.8 cm³/mol. The number of carbonyl (C=O) groups excluding carboxylic acids is 1. The van der Waals surface area contributed by atoms with Crippen LogP contribution in [0.5, 0.6) is 5.75 Å². The van der Waals surface area contributed by atoms with Crippen molar-refractivity contribution in [3.05, 3.63) is 46.8 Å². The predicted octanol–water partition coefficient (Wildman–Crippen LogP) is 2.03. The highest BCUT2D eigenvalue weighted by atomic mass is 16.5. The third kappa shape index (κ3) is 2.86. The second-order valence-corrected chi connectivity index (χ2v) is 6.53. The lowest BCUT2D eigenvalue weighted by atomic mass is 10.1. The molecule has 1 fully saturated rings. The number of ether oxygens (including phenoxy) is 1. The lowest BCUT2D eigenvalue weighted by molar-refractivity contribution is 0.0685. The van der Waals surface area contributed by atoms with Crippen LogP contribution in [0, 0.1) is 0 Å². The fourth-order valence-corrected chi connectivity index (χ4v) is 3.19. The molecule has 0 bridgehead atoms. The molecule has 0 atom stereocenters. The quantitative estimate of drug-likeness (QED) is 0.923. The molecule has 1 aliphatic carbocycles. The van der Waals surface area contributed by atoms with Crippen molar-refractivity contribution in [2.45, 2.75) is 25.3 Å². The lowest BCUT2D eigenvalue weighted by Gasteiger charge is -2.19. The summed E-state index contributed by atoms with van der Waals surface area (Å²) >= 11 is 0. The molecule has 1 aliphatic heterocycles. The van der Waals surface area contributed by atoms with Gasteiger partial charge in [-0.2, -0.15) is 5.10 Å². The maximum atomic E-state index is 13.0. The number of hydrogen-bond donors (Lipinski definition) is 1. The van der Waals surface area contributed by atoms with E-state index in [9.17, 15) is 14.7 Å². The minimum Gasteiger partial charge on any atom is -0.490 e. The van der Waals surface area contributed by atoms with Crippen molar-refractivity contribution in [2.75, 3.05) is 13.2 Å². The van der Waals surface area contributed by atoms with Crippen LogP contribution in [0.2, 0.25) is 0 Å². The maximum absolute atomic E-state index is 13.0. The smallest absolute Gasteiger partial charge is 0.339 e. The summed E-state index contributed by atoms with van der Waals surface area (Å²) in [6, 6.07) is 6.86. The van der Waals surface area contributed by atoms with Crippen molar-refractivity contribution < 1.29 is 19.4 Å². The number of para-hydroxylation sites is 1. The number of carbonyl (C=O) groups is 2. The Kier molecular flexibility index (Phi) is 3.71. The van der Waals surface area contributed by atoms with Gasteiger partial charge in [-0.3, -0.25) is 9.48 Å². The average Bonchev–Trinajstić information content (AvgIpc) is 3.38. The number of rotatable bonds is 3. The molecule has 1 N–H and O–H groups in total. The van der Waals surface area contributed by atoms with Crippen LogP contribution in [0.15, 0.2) is 24.3 Å². The summed E-state index contributed by atoms with van der Waals surface area (Å²) in [5, 5.41) is 13.8. The molecule has 2 aliphatic rings. The van der Waals surface area contributed by atoms with Gasteiger partial charge in [0.2, 0.25) is 0 Å². The van der Waals surface area contributed by atoms with E-state index in [1.807, 2.05) is 6.07 Å². The lowest BCUT2D eigenvalue weighted by Crippen LogP contribution is -2.33. The fraction of sp³-hybridized carbons (Fsp3) is 0.389. The summed E-state index contributed by atoms with van der Waals surface area (Å²) in [4.78, 5) is 26.0. The van der Waals surface area contributed by atoms with Crippen LogP contribution in [0.1, 0.15) is 50.9 Å². The van der Waals surface area contributed by atoms with Gasteiger partial charge >= 0.3 is 5.97 Å². The molecule has 0 spiro atoms. The van der Waals surface area contributed by atoms with E-state index in [4.69, 9.17) is 4.74 Å². The van der Waals surface area contributed by atoms with Crippen LogP contribution in [-0.4, -0.2) is 44.8 Å². The highest BCUT2D eigenvalue weighted by Crippen LogP contribution is 2.39. The molecule has 2 heterocycles. The first-order valence-corrected chi connectivity index (χ1v) is 8.36. The Morgan fingerprint density at radius 1 is 1.32 bits per heavy atom. The van der Waals surface area contributed by atoms with Crippen LogP contribution >= 0.6 is 0 Å². The Morgan fingerprint density at radius 3 is 2.84 bits per heavy atom. The minimum atomic E-state index is -1.03. The molecule has 0 unspecified atom stereocenters. The van der Waals surface area contributed by atoms with E-state index in [2.05, 4.69) is 5.10 Å². The average molecular weight is 341 g/mol. The van der Waals surface area contributed by atoms with Crippen molar-refractivity contribution in [1.29, 1.82) is 0 Å². The molecule has 130 valence electrons.